The maximum absolute atomic E-state index is 12.3. The van der Waals surface area contributed by atoms with Gasteiger partial charge in [-0.3, -0.25) is 4.79 Å². The van der Waals surface area contributed by atoms with E-state index in [1.807, 2.05) is 0 Å². The Morgan fingerprint density at radius 3 is 2.90 bits per heavy atom. The minimum Gasteiger partial charge on any atom is -0.352 e. The van der Waals surface area contributed by atoms with Gasteiger partial charge in [-0.1, -0.05) is 29.8 Å². The SMILES string of the molecule is Cc1ccc(CNC(=O)C2CCCN(CCC#N)C2)cc1. The average Bonchev–Trinajstić information content (AvgIpc) is 2.52. The van der Waals surface area contributed by atoms with Gasteiger partial charge in [-0.2, -0.15) is 5.26 Å². The number of aryl methyl sites for hydroxylation is 1. The van der Waals surface area contributed by atoms with E-state index in [4.69, 9.17) is 5.26 Å². The van der Waals surface area contributed by atoms with E-state index in [1.54, 1.807) is 0 Å². The maximum Gasteiger partial charge on any atom is 0.224 e. The summed E-state index contributed by atoms with van der Waals surface area (Å²) < 4.78 is 0. The smallest absolute Gasteiger partial charge is 0.224 e. The number of benzene rings is 1. The Hall–Kier alpha value is -1.86. The zero-order valence-electron chi connectivity index (χ0n) is 12.6. The van der Waals surface area contributed by atoms with Crippen LogP contribution in [0, 0.1) is 24.2 Å². The fraction of sp³-hybridized carbons (Fsp3) is 0.529. The van der Waals surface area contributed by atoms with Gasteiger partial charge in [0.15, 0.2) is 0 Å². The van der Waals surface area contributed by atoms with Crippen molar-refractivity contribution in [2.75, 3.05) is 19.6 Å². The number of carbonyl (C=O) groups is 1. The molecule has 112 valence electrons. The highest BCUT2D eigenvalue weighted by atomic mass is 16.1. The van der Waals surface area contributed by atoms with E-state index in [-0.39, 0.29) is 11.8 Å². The minimum atomic E-state index is 0.0582. The molecule has 1 heterocycles. The average molecular weight is 285 g/mol. The van der Waals surface area contributed by atoms with Gasteiger partial charge >= 0.3 is 0 Å². The standard InChI is InChI=1S/C17H23N3O/c1-14-5-7-15(8-6-14)12-19-17(21)16-4-2-10-20(13-16)11-3-9-18/h5-8,16H,2-4,10-13H2,1H3,(H,19,21). The third-order valence-corrected chi connectivity index (χ3v) is 4.00. The highest BCUT2D eigenvalue weighted by Crippen LogP contribution is 2.17. The molecule has 1 amide bonds. The van der Waals surface area contributed by atoms with Gasteiger partial charge in [0.1, 0.15) is 0 Å². The molecule has 1 aromatic rings. The van der Waals surface area contributed by atoms with Crippen molar-refractivity contribution < 1.29 is 4.79 Å². The van der Waals surface area contributed by atoms with Crippen LogP contribution in [0.2, 0.25) is 0 Å². The van der Waals surface area contributed by atoms with Gasteiger partial charge < -0.3 is 10.2 Å². The number of hydrogen-bond donors (Lipinski definition) is 1. The lowest BCUT2D eigenvalue weighted by Crippen LogP contribution is -2.43. The first-order chi connectivity index (χ1) is 10.2. The second kappa shape index (κ2) is 7.80. The molecule has 0 spiro atoms. The molecule has 0 radical (unpaired) electrons. The topological polar surface area (TPSA) is 56.1 Å². The fourth-order valence-electron chi connectivity index (χ4n) is 2.72. The van der Waals surface area contributed by atoms with Crippen molar-refractivity contribution in [1.82, 2.24) is 10.2 Å². The van der Waals surface area contributed by atoms with Crippen molar-refractivity contribution in [3.63, 3.8) is 0 Å². The second-order valence-electron chi connectivity index (χ2n) is 5.75. The number of amides is 1. The van der Waals surface area contributed by atoms with Crippen LogP contribution in [0.25, 0.3) is 0 Å². The number of hydrogen-bond acceptors (Lipinski definition) is 3. The van der Waals surface area contributed by atoms with E-state index in [0.29, 0.717) is 13.0 Å². The summed E-state index contributed by atoms with van der Waals surface area (Å²) in [4.78, 5) is 14.5. The van der Waals surface area contributed by atoms with Gasteiger partial charge in [-0.25, -0.2) is 0 Å². The Morgan fingerprint density at radius 1 is 1.43 bits per heavy atom. The Labute approximate surface area is 126 Å². The van der Waals surface area contributed by atoms with Crippen LogP contribution < -0.4 is 5.32 Å². The normalized spacial score (nSPS) is 19.0. The van der Waals surface area contributed by atoms with Crippen molar-refractivity contribution in [1.29, 1.82) is 5.26 Å². The Balaban J connectivity index is 1.79. The summed E-state index contributed by atoms with van der Waals surface area (Å²) in [5.74, 6) is 0.195. The highest BCUT2D eigenvalue weighted by Gasteiger charge is 2.25. The predicted octanol–water partition coefficient (Wildman–Crippen LogP) is 2.24. The summed E-state index contributed by atoms with van der Waals surface area (Å²) in [6, 6.07) is 10.4. The monoisotopic (exact) mass is 285 g/mol. The number of carbonyl (C=O) groups excluding carboxylic acids is 1. The van der Waals surface area contributed by atoms with Gasteiger partial charge in [0.05, 0.1) is 12.0 Å². The molecular weight excluding hydrogens is 262 g/mol. The Bertz CT molecular complexity index is 504. The van der Waals surface area contributed by atoms with E-state index in [2.05, 4.69) is 47.5 Å². The van der Waals surface area contributed by atoms with Crippen LogP contribution >= 0.6 is 0 Å². The lowest BCUT2D eigenvalue weighted by molar-refractivity contribution is -0.126. The molecule has 0 bridgehead atoms. The number of nitrogens with zero attached hydrogens (tertiary/aromatic N) is 2. The van der Waals surface area contributed by atoms with Crippen molar-refractivity contribution in [3.05, 3.63) is 35.4 Å². The molecule has 1 aromatic carbocycles. The highest BCUT2D eigenvalue weighted by molar-refractivity contribution is 5.78. The first-order valence-electron chi connectivity index (χ1n) is 7.61. The van der Waals surface area contributed by atoms with E-state index in [9.17, 15) is 4.79 Å². The summed E-state index contributed by atoms with van der Waals surface area (Å²) >= 11 is 0. The van der Waals surface area contributed by atoms with Crippen LogP contribution in [0.3, 0.4) is 0 Å². The van der Waals surface area contributed by atoms with Gasteiger partial charge in [-0.15, -0.1) is 0 Å². The van der Waals surface area contributed by atoms with Gasteiger partial charge in [0.25, 0.3) is 0 Å². The van der Waals surface area contributed by atoms with E-state index >= 15 is 0 Å². The zero-order valence-corrected chi connectivity index (χ0v) is 12.6. The van der Waals surface area contributed by atoms with Crippen LogP contribution in [0.15, 0.2) is 24.3 Å². The lowest BCUT2D eigenvalue weighted by Gasteiger charge is -2.31. The van der Waals surface area contributed by atoms with Crippen LogP contribution in [0.4, 0.5) is 0 Å². The predicted molar refractivity (Wildman–Crippen MR) is 82.4 cm³/mol. The second-order valence-corrected chi connectivity index (χ2v) is 5.75. The van der Waals surface area contributed by atoms with Crippen molar-refractivity contribution >= 4 is 5.91 Å². The van der Waals surface area contributed by atoms with Crippen molar-refractivity contribution in [2.24, 2.45) is 5.92 Å². The van der Waals surface area contributed by atoms with E-state index < -0.39 is 0 Å². The zero-order chi connectivity index (χ0) is 15.1. The summed E-state index contributed by atoms with van der Waals surface area (Å²) in [6.07, 6.45) is 2.52. The molecule has 1 fully saturated rings. The summed E-state index contributed by atoms with van der Waals surface area (Å²) in [7, 11) is 0. The largest absolute Gasteiger partial charge is 0.352 e. The minimum absolute atomic E-state index is 0.0582. The number of nitrogens with one attached hydrogen (secondary N) is 1. The van der Waals surface area contributed by atoms with Crippen LogP contribution in [-0.2, 0) is 11.3 Å². The molecule has 0 aliphatic carbocycles. The molecule has 1 unspecified atom stereocenters. The number of nitriles is 1. The first kappa shape index (κ1) is 15.5. The quantitative estimate of drug-likeness (QED) is 0.902. The summed E-state index contributed by atoms with van der Waals surface area (Å²) in [5.41, 5.74) is 2.36. The Morgan fingerprint density at radius 2 is 2.19 bits per heavy atom. The molecule has 1 aliphatic heterocycles. The molecule has 21 heavy (non-hydrogen) atoms. The summed E-state index contributed by atoms with van der Waals surface area (Å²) in [6.45, 7) is 5.21. The van der Waals surface area contributed by atoms with Crippen molar-refractivity contribution in [3.8, 4) is 6.07 Å². The van der Waals surface area contributed by atoms with Gasteiger partial charge in [0, 0.05) is 26.1 Å². The van der Waals surface area contributed by atoms with Gasteiger partial charge in [0.2, 0.25) is 5.91 Å². The summed E-state index contributed by atoms with van der Waals surface area (Å²) in [5, 5.41) is 11.7. The Kier molecular flexibility index (Phi) is 5.77. The number of likely N-dealkylation sites (tertiary alicyclic amines) is 1. The molecule has 1 N–H and O–H groups in total. The molecule has 2 rings (SSSR count). The van der Waals surface area contributed by atoms with E-state index in [1.165, 1.54) is 5.56 Å². The maximum atomic E-state index is 12.3. The molecule has 0 saturated carbocycles. The lowest BCUT2D eigenvalue weighted by atomic mass is 9.97. The van der Waals surface area contributed by atoms with Crippen LogP contribution in [-0.4, -0.2) is 30.4 Å². The van der Waals surface area contributed by atoms with Crippen LogP contribution in [0.5, 0.6) is 0 Å². The van der Waals surface area contributed by atoms with Crippen LogP contribution in [0.1, 0.15) is 30.4 Å². The first-order valence-corrected chi connectivity index (χ1v) is 7.61. The molecule has 4 heteroatoms. The molecule has 1 aliphatic rings. The third-order valence-electron chi connectivity index (χ3n) is 4.00. The fourth-order valence-corrected chi connectivity index (χ4v) is 2.72. The van der Waals surface area contributed by atoms with Gasteiger partial charge in [-0.05, 0) is 31.9 Å². The van der Waals surface area contributed by atoms with Crippen molar-refractivity contribution in [2.45, 2.75) is 32.7 Å². The third kappa shape index (κ3) is 4.87. The molecule has 0 aromatic heterocycles. The number of rotatable bonds is 5. The molecule has 1 atom stereocenters. The number of piperidine rings is 1. The molecular formula is C17H23N3O. The molecule has 4 nitrogen and oxygen atoms in total. The molecule has 1 saturated heterocycles. The van der Waals surface area contributed by atoms with E-state index in [0.717, 1.165) is 38.0 Å².